The maximum absolute atomic E-state index is 12.4. The van der Waals surface area contributed by atoms with Crippen molar-refractivity contribution in [3.8, 4) is 0 Å². The predicted molar refractivity (Wildman–Crippen MR) is 109 cm³/mol. The molecule has 1 heterocycles. The summed E-state index contributed by atoms with van der Waals surface area (Å²) in [6.45, 7) is 4.74. The van der Waals surface area contributed by atoms with Crippen LogP contribution in [0.1, 0.15) is 48.5 Å². The highest BCUT2D eigenvalue weighted by molar-refractivity contribution is 6.04. The second-order valence-electron chi connectivity index (χ2n) is 7.10. The van der Waals surface area contributed by atoms with Gasteiger partial charge in [-0.15, -0.1) is 0 Å². The smallest absolute Gasteiger partial charge is 0.255 e. The summed E-state index contributed by atoms with van der Waals surface area (Å²) in [6.07, 6.45) is 5.23. The molecule has 2 N–H and O–H groups in total. The first-order valence-corrected chi connectivity index (χ1v) is 9.60. The fourth-order valence-corrected chi connectivity index (χ4v) is 3.36. The Labute approximate surface area is 160 Å². The van der Waals surface area contributed by atoms with Crippen LogP contribution in [0.5, 0.6) is 0 Å². The minimum Gasteiger partial charge on any atom is -0.326 e. The summed E-state index contributed by atoms with van der Waals surface area (Å²) in [5.74, 6) is -0.254. The van der Waals surface area contributed by atoms with Gasteiger partial charge in [0.05, 0.1) is 0 Å². The zero-order valence-corrected chi connectivity index (χ0v) is 15.8. The average Bonchev–Trinajstić information content (AvgIpc) is 2.92. The second kappa shape index (κ2) is 9.33. The van der Waals surface area contributed by atoms with E-state index in [1.807, 2.05) is 24.3 Å². The van der Waals surface area contributed by atoms with Crippen molar-refractivity contribution in [3.05, 3.63) is 59.7 Å². The number of nitrogens with one attached hydrogen (secondary N) is 2. The minimum atomic E-state index is -0.136. The van der Waals surface area contributed by atoms with Gasteiger partial charge >= 0.3 is 0 Å². The van der Waals surface area contributed by atoms with Crippen LogP contribution >= 0.6 is 0 Å². The number of likely N-dealkylation sites (tertiary alicyclic amines) is 1. The standard InChI is InChI=1S/C22H27N3O2/c1-17(26)23-20-10-12-21(13-11-20)24-22(27)19-8-6-18(7-9-19)16-25-14-4-2-3-5-15-25/h6-13H,2-5,14-16H2,1H3,(H,23,26)(H,24,27). The summed E-state index contributed by atoms with van der Waals surface area (Å²) in [5, 5.41) is 5.59. The Morgan fingerprint density at radius 2 is 1.37 bits per heavy atom. The van der Waals surface area contributed by atoms with Crippen LogP contribution in [0.25, 0.3) is 0 Å². The van der Waals surface area contributed by atoms with Gasteiger partial charge in [-0.05, 0) is 67.9 Å². The van der Waals surface area contributed by atoms with E-state index in [4.69, 9.17) is 0 Å². The molecule has 0 aliphatic carbocycles. The Morgan fingerprint density at radius 3 is 1.93 bits per heavy atom. The summed E-state index contributed by atoms with van der Waals surface area (Å²) in [4.78, 5) is 26.0. The molecule has 2 aromatic carbocycles. The van der Waals surface area contributed by atoms with Crippen LogP contribution in [0.4, 0.5) is 11.4 Å². The van der Waals surface area contributed by atoms with Crippen LogP contribution in [0.15, 0.2) is 48.5 Å². The highest BCUT2D eigenvalue weighted by Gasteiger charge is 2.11. The van der Waals surface area contributed by atoms with E-state index in [2.05, 4.69) is 15.5 Å². The number of rotatable bonds is 5. The monoisotopic (exact) mass is 365 g/mol. The predicted octanol–water partition coefficient (Wildman–Crippen LogP) is 4.27. The van der Waals surface area contributed by atoms with Crippen molar-refractivity contribution in [1.82, 2.24) is 4.90 Å². The molecule has 0 atom stereocenters. The molecule has 3 rings (SSSR count). The Bertz CT molecular complexity index is 761. The van der Waals surface area contributed by atoms with Gasteiger partial charge in [-0.1, -0.05) is 25.0 Å². The Hall–Kier alpha value is -2.66. The van der Waals surface area contributed by atoms with Crippen molar-refractivity contribution >= 4 is 23.2 Å². The lowest BCUT2D eigenvalue weighted by Crippen LogP contribution is -2.24. The maximum Gasteiger partial charge on any atom is 0.255 e. The van der Waals surface area contributed by atoms with E-state index in [0.717, 1.165) is 19.6 Å². The van der Waals surface area contributed by atoms with Gasteiger partial charge in [0, 0.05) is 30.4 Å². The number of nitrogens with zero attached hydrogens (tertiary/aromatic N) is 1. The molecule has 0 spiro atoms. The number of hydrogen-bond donors (Lipinski definition) is 2. The van der Waals surface area contributed by atoms with E-state index in [0.29, 0.717) is 16.9 Å². The van der Waals surface area contributed by atoms with Gasteiger partial charge < -0.3 is 10.6 Å². The molecule has 27 heavy (non-hydrogen) atoms. The SMILES string of the molecule is CC(=O)Nc1ccc(NC(=O)c2ccc(CN3CCCCCC3)cc2)cc1. The molecular weight excluding hydrogens is 338 g/mol. The van der Waals surface area contributed by atoms with Crippen molar-refractivity contribution < 1.29 is 9.59 Å². The van der Waals surface area contributed by atoms with Gasteiger partial charge in [-0.25, -0.2) is 0 Å². The van der Waals surface area contributed by atoms with Crippen molar-refractivity contribution in [2.75, 3.05) is 23.7 Å². The van der Waals surface area contributed by atoms with E-state index in [1.54, 1.807) is 24.3 Å². The zero-order chi connectivity index (χ0) is 19.1. The second-order valence-corrected chi connectivity index (χ2v) is 7.10. The van der Waals surface area contributed by atoms with Crippen LogP contribution < -0.4 is 10.6 Å². The molecule has 5 nitrogen and oxygen atoms in total. The van der Waals surface area contributed by atoms with Crippen LogP contribution in [0.2, 0.25) is 0 Å². The Morgan fingerprint density at radius 1 is 0.815 bits per heavy atom. The van der Waals surface area contributed by atoms with Gasteiger partial charge in [0.15, 0.2) is 0 Å². The topological polar surface area (TPSA) is 61.4 Å². The van der Waals surface area contributed by atoms with Gasteiger partial charge in [0.25, 0.3) is 5.91 Å². The number of benzene rings is 2. The largest absolute Gasteiger partial charge is 0.326 e. The van der Waals surface area contributed by atoms with Crippen molar-refractivity contribution in [3.63, 3.8) is 0 Å². The molecule has 0 aromatic heterocycles. The molecule has 1 aliphatic rings. The summed E-state index contributed by atoms with van der Waals surface area (Å²) in [5.41, 5.74) is 3.29. The van der Waals surface area contributed by atoms with Crippen molar-refractivity contribution in [1.29, 1.82) is 0 Å². The number of amides is 2. The summed E-state index contributed by atoms with van der Waals surface area (Å²) >= 11 is 0. The van der Waals surface area contributed by atoms with Crippen molar-refractivity contribution in [2.45, 2.75) is 39.2 Å². The fourth-order valence-electron chi connectivity index (χ4n) is 3.36. The van der Waals surface area contributed by atoms with E-state index in [9.17, 15) is 9.59 Å². The first-order chi connectivity index (χ1) is 13.1. The van der Waals surface area contributed by atoms with Gasteiger partial charge in [-0.2, -0.15) is 0 Å². The first-order valence-electron chi connectivity index (χ1n) is 9.60. The highest BCUT2D eigenvalue weighted by atomic mass is 16.2. The molecule has 1 aliphatic heterocycles. The number of hydrogen-bond acceptors (Lipinski definition) is 3. The van der Waals surface area contributed by atoms with E-state index in [-0.39, 0.29) is 11.8 Å². The van der Waals surface area contributed by atoms with Gasteiger partial charge in [0.2, 0.25) is 5.91 Å². The lowest BCUT2D eigenvalue weighted by Gasteiger charge is -2.19. The number of anilines is 2. The van der Waals surface area contributed by atoms with Crippen LogP contribution in [-0.4, -0.2) is 29.8 Å². The highest BCUT2D eigenvalue weighted by Crippen LogP contribution is 2.16. The van der Waals surface area contributed by atoms with Crippen LogP contribution in [-0.2, 0) is 11.3 Å². The van der Waals surface area contributed by atoms with E-state index >= 15 is 0 Å². The van der Waals surface area contributed by atoms with Crippen LogP contribution in [0.3, 0.4) is 0 Å². The quantitative estimate of drug-likeness (QED) is 0.832. The average molecular weight is 365 g/mol. The van der Waals surface area contributed by atoms with Gasteiger partial charge in [-0.3, -0.25) is 14.5 Å². The molecule has 0 radical (unpaired) electrons. The first kappa shape index (κ1) is 19.1. The van der Waals surface area contributed by atoms with Crippen LogP contribution in [0, 0.1) is 0 Å². The molecule has 5 heteroatoms. The third-order valence-corrected chi connectivity index (χ3v) is 4.78. The van der Waals surface area contributed by atoms with E-state index in [1.165, 1.54) is 38.2 Å². The van der Waals surface area contributed by atoms with E-state index < -0.39 is 0 Å². The molecule has 1 fully saturated rings. The third kappa shape index (κ3) is 5.93. The number of carbonyl (C=O) groups is 2. The summed E-state index contributed by atoms with van der Waals surface area (Å²) < 4.78 is 0. The molecule has 0 bridgehead atoms. The maximum atomic E-state index is 12.4. The minimum absolute atomic E-state index is 0.118. The third-order valence-electron chi connectivity index (χ3n) is 4.78. The van der Waals surface area contributed by atoms with Crippen molar-refractivity contribution in [2.24, 2.45) is 0 Å². The normalized spacial score (nSPS) is 15.0. The molecule has 2 aromatic rings. The molecule has 0 saturated carbocycles. The molecule has 142 valence electrons. The zero-order valence-electron chi connectivity index (χ0n) is 15.8. The molecule has 1 saturated heterocycles. The Kier molecular flexibility index (Phi) is 6.60. The molecule has 0 unspecified atom stereocenters. The lowest BCUT2D eigenvalue weighted by molar-refractivity contribution is -0.114. The Balaban J connectivity index is 1.56. The molecular formula is C22H27N3O2. The summed E-state index contributed by atoms with van der Waals surface area (Å²) in [6, 6.07) is 14.9. The number of carbonyl (C=O) groups excluding carboxylic acids is 2. The summed E-state index contributed by atoms with van der Waals surface area (Å²) in [7, 11) is 0. The van der Waals surface area contributed by atoms with Gasteiger partial charge in [0.1, 0.15) is 0 Å². The lowest BCUT2D eigenvalue weighted by atomic mass is 10.1. The fraction of sp³-hybridized carbons (Fsp3) is 0.364. The molecule has 2 amide bonds.